The molecule has 0 amide bonds. The fourth-order valence-corrected chi connectivity index (χ4v) is 3.43. The molecule has 0 heterocycles. The predicted octanol–water partition coefficient (Wildman–Crippen LogP) is 8.23. The van der Waals surface area contributed by atoms with Gasteiger partial charge in [0.1, 0.15) is 24.7 Å². The van der Waals surface area contributed by atoms with Crippen LogP contribution >= 0.6 is 30.1 Å². The van der Waals surface area contributed by atoms with Crippen LogP contribution in [0, 0.1) is 0 Å². The second kappa shape index (κ2) is 25.6. The van der Waals surface area contributed by atoms with Crippen LogP contribution in [0.5, 0.6) is 34.5 Å². The van der Waals surface area contributed by atoms with Gasteiger partial charge in [0.2, 0.25) is 0 Å². The standard InChI is InChI=1S/C14H12O4.C13H12O3.C7H16O3.Al.3ClH/c15-8-11-6-13(17)14(7-12(11)16)18-9-10-4-2-1-3-5-10;14-11-6-7-12(15)13(8-11)16-9-10-4-2-1-3-5-10;1-4-8-7(9-5-2)10-6-3;;;;/h1-8,16-17H,9H2;1-8,14-15H,9H2;7H,4-6H2,1-3H3;;3*1H/q;;;+3;;;/p-3. The molecule has 4 N–H and O–H groups in total. The van der Waals surface area contributed by atoms with Crippen molar-refractivity contribution in [3.05, 3.63) is 108 Å². The largest absolute Gasteiger partial charge is 0.643 e. The number of hydrogen-bond acceptors (Lipinski definition) is 10. The zero-order valence-corrected chi connectivity index (χ0v) is 30.2. The molecule has 0 aliphatic carbocycles. The van der Waals surface area contributed by atoms with Crippen molar-refractivity contribution < 1.29 is 48.9 Å². The summed E-state index contributed by atoms with van der Waals surface area (Å²) in [7, 11) is 14.8. The Kier molecular flexibility index (Phi) is 22.8. The van der Waals surface area contributed by atoms with Crippen molar-refractivity contribution in [1.82, 2.24) is 0 Å². The molecule has 0 fully saturated rings. The molecule has 0 saturated heterocycles. The molecule has 0 saturated carbocycles. The minimum Gasteiger partial charge on any atom is -0.508 e. The Labute approximate surface area is 297 Å². The van der Waals surface area contributed by atoms with E-state index in [9.17, 15) is 25.2 Å². The lowest BCUT2D eigenvalue weighted by atomic mass is 10.2. The topological polar surface area (TPSA) is 144 Å². The summed E-state index contributed by atoms with van der Waals surface area (Å²) in [4.78, 5) is 10.6. The lowest BCUT2D eigenvalue weighted by Gasteiger charge is -2.15. The molecule has 4 aromatic carbocycles. The number of ether oxygens (including phenoxy) is 5. The molecule has 14 heteroatoms. The van der Waals surface area contributed by atoms with E-state index in [0.717, 1.165) is 11.1 Å². The third kappa shape index (κ3) is 18.8. The van der Waals surface area contributed by atoms with Gasteiger partial charge in [-0.25, -0.2) is 30.1 Å². The number of carbonyl (C=O) groups is 1. The fourth-order valence-electron chi connectivity index (χ4n) is 3.43. The zero-order chi connectivity index (χ0) is 35.7. The maximum Gasteiger partial charge on any atom is 0.643 e. The van der Waals surface area contributed by atoms with E-state index in [1.165, 1.54) is 30.3 Å². The third-order valence-electron chi connectivity index (χ3n) is 5.56. The van der Waals surface area contributed by atoms with Gasteiger partial charge in [0.25, 0.3) is 6.48 Å². The van der Waals surface area contributed by atoms with Crippen molar-refractivity contribution in [1.29, 1.82) is 0 Å². The van der Waals surface area contributed by atoms with Gasteiger partial charge in [0, 0.05) is 32.0 Å². The summed E-state index contributed by atoms with van der Waals surface area (Å²) >= 11 is -1.72. The Bertz CT molecular complexity index is 1420. The third-order valence-corrected chi connectivity index (χ3v) is 5.56. The first-order chi connectivity index (χ1) is 23.0. The summed E-state index contributed by atoms with van der Waals surface area (Å²) < 4.78 is 26.0. The van der Waals surface area contributed by atoms with Crippen LogP contribution in [0.25, 0.3) is 0 Å². The lowest BCUT2D eigenvalue weighted by molar-refractivity contribution is -0.282. The molecular formula is C34H40AlCl3O10. The predicted molar refractivity (Wildman–Crippen MR) is 188 cm³/mol. The van der Waals surface area contributed by atoms with E-state index in [1.54, 1.807) is 0 Å². The minimum absolute atomic E-state index is 0.0220. The second-order valence-electron chi connectivity index (χ2n) is 9.10. The minimum atomic E-state index is -1.72. The lowest BCUT2D eigenvalue weighted by Crippen LogP contribution is -2.20. The Morgan fingerprint density at radius 2 is 1.06 bits per heavy atom. The molecule has 0 aliphatic heterocycles. The molecule has 0 atom stereocenters. The van der Waals surface area contributed by atoms with Gasteiger partial charge in [-0.2, -0.15) is 0 Å². The highest BCUT2D eigenvalue weighted by Crippen LogP contribution is 2.33. The summed E-state index contributed by atoms with van der Waals surface area (Å²) in [5.74, 6) is 0.122. The molecule has 0 spiro atoms. The highest BCUT2D eigenvalue weighted by atomic mass is 35.8. The number of phenolic OH excluding ortho intramolecular Hbond substituents is 4. The molecule has 260 valence electrons. The summed E-state index contributed by atoms with van der Waals surface area (Å²) in [6.07, 6.45) is 0.468. The highest BCUT2D eigenvalue weighted by Gasteiger charge is 2.09. The molecule has 10 nitrogen and oxygen atoms in total. The average molecular weight is 742 g/mol. The van der Waals surface area contributed by atoms with E-state index in [0.29, 0.717) is 32.7 Å². The molecular weight excluding hydrogens is 702 g/mol. The number of hydrogen-bond donors (Lipinski definition) is 4. The van der Waals surface area contributed by atoms with Crippen LogP contribution in [-0.4, -0.2) is 64.4 Å². The van der Waals surface area contributed by atoms with E-state index in [2.05, 4.69) is 0 Å². The van der Waals surface area contributed by atoms with Crippen LogP contribution in [0.4, 0.5) is 0 Å². The number of phenols is 4. The van der Waals surface area contributed by atoms with Gasteiger partial charge in [-0.15, -0.1) is 0 Å². The molecule has 0 bridgehead atoms. The van der Waals surface area contributed by atoms with Crippen molar-refractivity contribution >= 4 is 47.8 Å². The number of carbonyl (C=O) groups excluding carboxylic acids is 1. The Balaban J connectivity index is 0.000000353. The number of aromatic hydroxyl groups is 4. The van der Waals surface area contributed by atoms with Gasteiger partial charge in [-0.05, 0) is 50.1 Å². The first kappa shape index (κ1) is 42.7. The molecule has 0 aliphatic rings. The van der Waals surface area contributed by atoms with Crippen LogP contribution in [0.1, 0.15) is 42.3 Å². The summed E-state index contributed by atoms with van der Waals surface area (Å²) in [5.41, 5.74) is 1.97. The Hall–Kier alpha value is -3.37. The first-order valence-corrected chi connectivity index (χ1v) is 19.9. The van der Waals surface area contributed by atoms with Gasteiger partial charge in [-0.1, -0.05) is 60.7 Å². The Morgan fingerprint density at radius 1 is 0.625 bits per heavy atom. The maximum absolute atomic E-state index is 10.6. The molecule has 4 rings (SSSR count). The van der Waals surface area contributed by atoms with E-state index < -0.39 is 17.9 Å². The van der Waals surface area contributed by atoms with Crippen molar-refractivity contribution in [3.63, 3.8) is 0 Å². The molecule has 0 aromatic heterocycles. The van der Waals surface area contributed by atoms with E-state index in [-0.39, 0.29) is 46.7 Å². The number of halogens is 3. The zero-order valence-electron chi connectivity index (χ0n) is 26.8. The highest BCUT2D eigenvalue weighted by molar-refractivity contribution is 7.54. The normalized spacial score (nSPS) is 9.90. The maximum atomic E-state index is 10.6. The van der Waals surface area contributed by atoms with E-state index >= 15 is 0 Å². The smallest absolute Gasteiger partial charge is 0.508 e. The average Bonchev–Trinajstić information content (AvgIpc) is 3.07. The molecule has 4 aromatic rings. The van der Waals surface area contributed by atoms with E-state index in [1.807, 2.05) is 81.4 Å². The summed E-state index contributed by atoms with van der Waals surface area (Å²) in [6, 6.07) is 25.6. The number of aldehydes is 1. The second-order valence-corrected chi connectivity index (χ2v) is 15.5. The van der Waals surface area contributed by atoms with Crippen LogP contribution in [-0.2, 0) is 27.4 Å². The van der Waals surface area contributed by atoms with Crippen molar-refractivity contribution in [2.75, 3.05) is 19.8 Å². The van der Waals surface area contributed by atoms with Gasteiger partial charge in [-0.3, -0.25) is 4.79 Å². The fraction of sp³-hybridized carbons (Fsp3) is 0.265. The molecule has 48 heavy (non-hydrogen) atoms. The van der Waals surface area contributed by atoms with Gasteiger partial charge < -0.3 is 44.1 Å². The van der Waals surface area contributed by atoms with Crippen molar-refractivity contribution in [3.8, 4) is 34.5 Å². The van der Waals surface area contributed by atoms with Gasteiger partial charge in [0.15, 0.2) is 29.3 Å². The van der Waals surface area contributed by atoms with Gasteiger partial charge in [0.05, 0.1) is 5.56 Å². The Morgan fingerprint density at radius 3 is 1.48 bits per heavy atom. The number of benzene rings is 4. The van der Waals surface area contributed by atoms with Crippen LogP contribution < -0.4 is 9.47 Å². The van der Waals surface area contributed by atoms with E-state index in [4.69, 9.17) is 53.8 Å². The quantitative estimate of drug-likeness (QED) is 0.0458. The monoisotopic (exact) mass is 740 g/mol. The summed E-state index contributed by atoms with van der Waals surface area (Å²) in [5, 5.41) is 37.8. The molecule has 0 radical (unpaired) electrons. The van der Waals surface area contributed by atoms with Gasteiger partial charge >= 0.3 is 11.4 Å². The SMILES string of the molecule is CCOC(OCC)OCC.O=Cc1cc(O)c(OCc2ccccc2)cc1O.Oc1ccc(O)c(OCc2ccccc2)c1.[Cl][Al]([Cl])[Cl]. The number of rotatable bonds is 13. The van der Waals surface area contributed by atoms with Crippen LogP contribution in [0.2, 0.25) is 0 Å². The first-order valence-electron chi connectivity index (χ1n) is 14.7. The van der Waals surface area contributed by atoms with Crippen molar-refractivity contribution in [2.24, 2.45) is 0 Å². The van der Waals surface area contributed by atoms with Crippen molar-refractivity contribution in [2.45, 2.75) is 40.5 Å². The van der Waals surface area contributed by atoms with Crippen LogP contribution in [0.3, 0.4) is 0 Å². The summed E-state index contributed by atoms with van der Waals surface area (Å²) in [6.45, 7) is 7.73. The molecule has 0 unspecified atom stereocenters. The van der Waals surface area contributed by atoms with Crippen LogP contribution in [0.15, 0.2) is 91.0 Å².